The fourth-order valence-electron chi connectivity index (χ4n) is 1.59. The number of aromatic carboxylic acids is 1. The first kappa shape index (κ1) is 15.4. The predicted molar refractivity (Wildman–Crippen MR) is 79.3 cm³/mol. The summed E-state index contributed by atoms with van der Waals surface area (Å²) >= 11 is 3.26. The standard InChI is InChI=1S/C12H11BrN2O5S/c1-20-11-4-7(2-3-9(11)13)15-21(18,19)8-5-10(12(16)17)14-6-8/h2-6,14-15H,1H3,(H,16,17). The van der Waals surface area contributed by atoms with Gasteiger partial charge < -0.3 is 14.8 Å². The Labute approximate surface area is 129 Å². The van der Waals surface area contributed by atoms with Gasteiger partial charge in [0.15, 0.2) is 0 Å². The molecule has 3 N–H and O–H groups in total. The van der Waals surface area contributed by atoms with Crippen LogP contribution in [0.3, 0.4) is 0 Å². The molecule has 0 aliphatic rings. The lowest BCUT2D eigenvalue weighted by Crippen LogP contribution is -2.12. The van der Waals surface area contributed by atoms with E-state index in [1.54, 1.807) is 12.1 Å². The minimum Gasteiger partial charge on any atom is -0.495 e. The van der Waals surface area contributed by atoms with Crippen molar-refractivity contribution >= 4 is 37.6 Å². The van der Waals surface area contributed by atoms with Crippen LogP contribution < -0.4 is 9.46 Å². The maximum absolute atomic E-state index is 12.1. The summed E-state index contributed by atoms with van der Waals surface area (Å²) in [6.07, 6.45) is 1.11. The van der Waals surface area contributed by atoms with Crippen molar-refractivity contribution in [3.8, 4) is 5.75 Å². The van der Waals surface area contributed by atoms with Gasteiger partial charge in [0.1, 0.15) is 16.3 Å². The molecular weight excluding hydrogens is 364 g/mol. The molecule has 0 saturated heterocycles. The number of carboxylic acid groups (broad SMARTS) is 1. The molecular formula is C12H11BrN2O5S. The van der Waals surface area contributed by atoms with Gasteiger partial charge >= 0.3 is 5.97 Å². The van der Waals surface area contributed by atoms with Gasteiger partial charge in [0, 0.05) is 12.3 Å². The number of H-pyrrole nitrogens is 1. The van der Waals surface area contributed by atoms with Gasteiger partial charge in [-0.05, 0) is 34.1 Å². The zero-order valence-corrected chi connectivity index (χ0v) is 13.2. The third-order valence-corrected chi connectivity index (χ3v) is 4.62. The van der Waals surface area contributed by atoms with Crippen molar-refractivity contribution < 1.29 is 23.1 Å². The van der Waals surface area contributed by atoms with E-state index < -0.39 is 16.0 Å². The molecule has 0 amide bonds. The molecule has 7 nitrogen and oxygen atoms in total. The number of aromatic nitrogens is 1. The van der Waals surface area contributed by atoms with Gasteiger partial charge in [0.2, 0.25) is 0 Å². The van der Waals surface area contributed by atoms with Gasteiger partial charge in [-0.25, -0.2) is 13.2 Å². The number of methoxy groups -OCH3 is 1. The number of hydrogen-bond donors (Lipinski definition) is 3. The Hall–Kier alpha value is -2.00. The molecule has 0 spiro atoms. The summed E-state index contributed by atoms with van der Waals surface area (Å²) in [7, 11) is -2.42. The maximum atomic E-state index is 12.1. The first-order valence-corrected chi connectivity index (χ1v) is 7.89. The largest absolute Gasteiger partial charge is 0.495 e. The Morgan fingerprint density at radius 1 is 1.38 bits per heavy atom. The summed E-state index contributed by atoms with van der Waals surface area (Å²) < 4.78 is 32.4. The van der Waals surface area contributed by atoms with Gasteiger partial charge in [-0.2, -0.15) is 0 Å². The molecule has 21 heavy (non-hydrogen) atoms. The number of ether oxygens (including phenoxy) is 1. The van der Waals surface area contributed by atoms with E-state index in [2.05, 4.69) is 25.6 Å². The van der Waals surface area contributed by atoms with Crippen LogP contribution >= 0.6 is 15.9 Å². The molecule has 1 heterocycles. The number of nitrogens with one attached hydrogen (secondary N) is 2. The van der Waals surface area contributed by atoms with Crippen LogP contribution in [-0.2, 0) is 10.0 Å². The molecule has 0 aliphatic heterocycles. The van der Waals surface area contributed by atoms with Crippen LogP contribution in [0.25, 0.3) is 0 Å². The quantitative estimate of drug-likeness (QED) is 0.743. The highest BCUT2D eigenvalue weighted by Gasteiger charge is 2.18. The molecule has 0 unspecified atom stereocenters. The minimum atomic E-state index is -3.88. The van der Waals surface area contributed by atoms with E-state index in [9.17, 15) is 13.2 Å². The Morgan fingerprint density at radius 3 is 2.67 bits per heavy atom. The van der Waals surface area contributed by atoms with Crippen molar-refractivity contribution in [3.05, 3.63) is 40.6 Å². The Bertz CT molecular complexity index is 785. The number of aromatic amines is 1. The van der Waals surface area contributed by atoms with E-state index in [-0.39, 0.29) is 10.6 Å². The zero-order valence-electron chi connectivity index (χ0n) is 10.8. The third kappa shape index (κ3) is 3.37. The van der Waals surface area contributed by atoms with E-state index in [1.165, 1.54) is 13.2 Å². The summed E-state index contributed by atoms with van der Waals surface area (Å²) in [5, 5.41) is 8.78. The van der Waals surface area contributed by atoms with Crippen LogP contribution in [0.2, 0.25) is 0 Å². The molecule has 2 aromatic rings. The number of carbonyl (C=O) groups is 1. The smallest absolute Gasteiger partial charge is 0.352 e. The van der Waals surface area contributed by atoms with Gasteiger partial charge in [-0.1, -0.05) is 0 Å². The van der Waals surface area contributed by atoms with Crippen LogP contribution in [0, 0.1) is 0 Å². The van der Waals surface area contributed by atoms with Crippen molar-refractivity contribution in [3.63, 3.8) is 0 Å². The van der Waals surface area contributed by atoms with Crippen molar-refractivity contribution in [2.75, 3.05) is 11.8 Å². The van der Waals surface area contributed by atoms with E-state index >= 15 is 0 Å². The SMILES string of the molecule is COc1cc(NS(=O)(=O)c2c[nH]c(C(=O)O)c2)ccc1Br. The maximum Gasteiger partial charge on any atom is 0.352 e. The summed E-state index contributed by atoms with van der Waals surface area (Å²) in [5.74, 6) is -0.766. The summed E-state index contributed by atoms with van der Waals surface area (Å²) in [6.45, 7) is 0. The number of benzene rings is 1. The highest BCUT2D eigenvalue weighted by atomic mass is 79.9. The average Bonchev–Trinajstić information content (AvgIpc) is 2.91. The lowest BCUT2D eigenvalue weighted by molar-refractivity contribution is 0.0691. The summed E-state index contributed by atoms with van der Waals surface area (Å²) in [6, 6.07) is 5.73. The predicted octanol–water partition coefficient (Wildman–Crippen LogP) is 2.28. The average molecular weight is 375 g/mol. The van der Waals surface area contributed by atoms with E-state index in [0.717, 1.165) is 12.3 Å². The Kier molecular flexibility index (Phi) is 4.24. The fourth-order valence-corrected chi connectivity index (χ4v) is 3.04. The number of anilines is 1. The van der Waals surface area contributed by atoms with Crippen LogP contribution in [0.4, 0.5) is 5.69 Å². The van der Waals surface area contributed by atoms with Crippen LogP contribution in [0.5, 0.6) is 5.75 Å². The minimum absolute atomic E-state index is 0.165. The van der Waals surface area contributed by atoms with Gasteiger partial charge in [-0.15, -0.1) is 0 Å². The lowest BCUT2D eigenvalue weighted by Gasteiger charge is -2.09. The Balaban J connectivity index is 2.30. The number of rotatable bonds is 5. The third-order valence-electron chi connectivity index (χ3n) is 2.60. The highest BCUT2D eigenvalue weighted by Crippen LogP contribution is 2.29. The van der Waals surface area contributed by atoms with Gasteiger partial charge in [-0.3, -0.25) is 4.72 Å². The molecule has 1 aromatic carbocycles. The van der Waals surface area contributed by atoms with Crippen molar-refractivity contribution in [2.24, 2.45) is 0 Å². The molecule has 2 rings (SSSR count). The number of halogens is 1. The van der Waals surface area contributed by atoms with Crippen LogP contribution in [0.15, 0.2) is 39.8 Å². The molecule has 0 saturated carbocycles. The molecule has 0 fully saturated rings. The molecule has 0 radical (unpaired) electrons. The first-order chi connectivity index (χ1) is 9.83. The van der Waals surface area contributed by atoms with Crippen molar-refractivity contribution in [2.45, 2.75) is 4.90 Å². The van der Waals surface area contributed by atoms with Gasteiger partial charge in [0.25, 0.3) is 10.0 Å². The first-order valence-electron chi connectivity index (χ1n) is 5.61. The summed E-state index contributed by atoms with van der Waals surface area (Å²) in [4.78, 5) is 13.0. The second-order valence-electron chi connectivity index (χ2n) is 4.01. The molecule has 0 aliphatic carbocycles. The second kappa shape index (κ2) is 5.78. The van der Waals surface area contributed by atoms with Gasteiger partial charge in [0.05, 0.1) is 17.3 Å². The molecule has 1 aromatic heterocycles. The summed E-state index contributed by atoms with van der Waals surface area (Å²) in [5.41, 5.74) is 0.0943. The molecule has 112 valence electrons. The second-order valence-corrected chi connectivity index (χ2v) is 6.55. The fraction of sp³-hybridized carbons (Fsp3) is 0.0833. The topological polar surface area (TPSA) is 108 Å². The Morgan fingerprint density at radius 2 is 2.10 bits per heavy atom. The molecule has 9 heteroatoms. The lowest BCUT2D eigenvalue weighted by atomic mass is 10.3. The van der Waals surface area contributed by atoms with E-state index in [0.29, 0.717) is 15.9 Å². The number of sulfonamides is 1. The molecule has 0 atom stereocenters. The van der Waals surface area contributed by atoms with E-state index in [4.69, 9.17) is 9.84 Å². The molecule has 0 bridgehead atoms. The van der Waals surface area contributed by atoms with Crippen LogP contribution in [0.1, 0.15) is 10.5 Å². The van der Waals surface area contributed by atoms with Crippen molar-refractivity contribution in [1.29, 1.82) is 0 Å². The normalized spacial score (nSPS) is 11.1. The van der Waals surface area contributed by atoms with Crippen LogP contribution in [-0.4, -0.2) is 31.6 Å². The zero-order chi connectivity index (χ0) is 15.6. The van der Waals surface area contributed by atoms with E-state index in [1.807, 2.05) is 0 Å². The number of carboxylic acids is 1. The number of hydrogen-bond acceptors (Lipinski definition) is 4. The van der Waals surface area contributed by atoms with Crippen molar-refractivity contribution in [1.82, 2.24) is 4.98 Å². The highest BCUT2D eigenvalue weighted by molar-refractivity contribution is 9.10. The monoisotopic (exact) mass is 374 g/mol.